The van der Waals surface area contributed by atoms with Gasteiger partial charge in [-0.1, -0.05) is 54.6 Å². The topological polar surface area (TPSA) is 121 Å². The van der Waals surface area contributed by atoms with Gasteiger partial charge in [0.05, 0.1) is 27.4 Å². The summed E-state index contributed by atoms with van der Waals surface area (Å²) in [6.45, 7) is 0.176. The average molecular weight is 559 g/mol. The summed E-state index contributed by atoms with van der Waals surface area (Å²) < 4.78 is 31.1. The number of H-pyrrole nitrogens is 1. The molecule has 1 aromatic heterocycles. The lowest BCUT2D eigenvalue weighted by Gasteiger charge is -2.46. The molecule has 6 rings (SSSR count). The fourth-order valence-corrected chi connectivity index (χ4v) is 5.65. The van der Waals surface area contributed by atoms with Crippen molar-refractivity contribution in [2.45, 2.75) is 29.6 Å². The molecule has 0 unspecified atom stereocenters. The van der Waals surface area contributed by atoms with Gasteiger partial charge >= 0.3 is 5.69 Å². The molecule has 0 bridgehead atoms. The van der Waals surface area contributed by atoms with E-state index >= 15 is 0 Å². The minimum Gasteiger partial charge on any atom is -0.497 e. The largest absolute Gasteiger partial charge is 0.497 e. The second-order valence-electron chi connectivity index (χ2n) is 10.1. The van der Waals surface area contributed by atoms with E-state index in [-0.39, 0.29) is 13.2 Å². The summed E-state index contributed by atoms with van der Waals surface area (Å²) in [5, 5.41) is 11.1. The molecule has 2 aliphatic heterocycles. The number of rotatable bonds is 9. The molecule has 0 aliphatic carbocycles. The van der Waals surface area contributed by atoms with Crippen molar-refractivity contribution >= 4 is 0 Å². The first-order valence-corrected chi connectivity index (χ1v) is 13.2. The van der Waals surface area contributed by atoms with E-state index in [4.69, 9.17) is 23.7 Å². The molecule has 0 amide bonds. The smallest absolute Gasteiger partial charge is 0.330 e. The number of fused-ring (bicyclic) bond motifs is 1. The van der Waals surface area contributed by atoms with Gasteiger partial charge in [-0.2, -0.15) is 0 Å². The number of ether oxygens (including phenoxy) is 5. The zero-order valence-electron chi connectivity index (χ0n) is 22.6. The van der Waals surface area contributed by atoms with Gasteiger partial charge in [-0.25, -0.2) is 4.79 Å². The predicted octanol–water partition coefficient (Wildman–Crippen LogP) is 2.59. The highest BCUT2D eigenvalue weighted by atomic mass is 16.7. The van der Waals surface area contributed by atoms with Gasteiger partial charge in [-0.05, 0) is 41.0 Å². The Morgan fingerprint density at radius 1 is 0.902 bits per heavy atom. The Bertz CT molecular complexity index is 1570. The number of hydrogen-bond acceptors (Lipinski definition) is 8. The lowest BCUT2D eigenvalue weighted by Crippen LogP contribution is -2.62. The van der Waals surface area contributed by atoms with Crippen molar-refractivity contribution in [3.05, 3.63) is 129 Å². The van der Waals surface area contributed by atoms with Gasteiger partial charge in [-0.3, -0.25) is 14.3 Å². The molecule has 2 aliphatic rings. The SMILES string of the molecule is COc1ccc(C(OC[C@]23CO[C@H]2[C@@H](O)[C@H](n2ccc(=O)[nH]c2=O)O3)(c2ccccc2)c2ccc(OC)cc2)cc1. The van der Waals surface area contributed by atoms with Crippen LogP contribution in [0.5, 0.6) is 11.5 Å². The maximum absolute atomic E-state index is 12.5. The number of aliphatic hydroxyl groups excluding tert-OH is 1. The van der Waals surface area contributed by atoms with E-state index in [9.17, 15) is 14.7 Å². The van der Waals surface area contributed by atoms with Crippen LogP contribution in [0.4, 0.5) is 0 Å². The lowest BCUT2D eigenvalue weighted by atomic mass is 9.79. The van der Waals surface area contributed by atoms with Gasteiger partial charge in [0.1, 0.15) is 34.9 Å². The van der Waals surface area contributed by atoms with E-state index in [1.165, 1.54) is 12.3 Å². The van der Waals surface area contributed by atoms with Crippen LogP contribution in [0.25, 0.3) is 0 Å². The number of benzene rings is 3. The zero-order valence-corrected chi connectivity index (χ0v) is 22.6. The molecule has 2 N–H and O–H groups in total. The molecule has 3 heterocycles. The van der Waals surface area contributed by atoms with Gasteiger partial charge in [0, 0.05) is 12.3 Å². The van der Waals surface area contributed by atoms with E-state index in [1.807, 2.05) is 78.9 Å². The number of aromatic nitrogens is 2. The Kier molecular flexibility index (Phi) is 7.00. The van der Waals surface area contributed by atoms with Gasteiger partial charge in [-0.15, -0.1) is 0 Å². The molecule has 2 saturated heterocycles. The van der Waals surface area contributed by atoms with Crippen LogP contribution < -0.4 is 20.7 Å². The molecule has 3 aromatic carbocycles. The summed E-state index contributed by atoms with van der Waals surface area (Å²) in [5.41, 5.74) is -0.814. The van der Waals surface area contributed by atoms with Crippen molar-refractivity contribution in [3.8, 4) is 11.5 Å². The summed E-state index contributed by atoms with van der Waals surface area (Å²) in [6.07, 6.45) is -1.67. The standard InChI is InChI=1S/C31H30N2O8/c1-37-23-12-8-21(9-13-23)31(20-6-4-3-5-7-20,22-10-14-24(38-2)15-11-22)40-19-30-18-39-27(30)26(35)28(41-30)33-17-16-25(34)32-29(33)36/h3-17,26-28,35H,18-19H2,1-2H3,(H,32,34,36)/t26-,27+,28-,30-/m1/s1. The first-order chi connectivity index (χ1) is 19.9. The lowest BCUT2D eigenvalue weighted by molar-refractivity contribution is -0.261. The molecule has 4 aromatic rings. The van der Waals surface area contributed by atoms with Crippen molar-refractivity contribution in [1.82, 2.24) is 9.55 Å². The molecule has 0 radical (unpaired) electrons. The average Bonchev–Trinajstić information content (AvgIpc) is 3.18. The number of hydrogen-bond donors (Lipinski definition) is 2. The molecule has 10 heteroatoms. The van der Waals surface area contributed by atoms with Gasteiger partial charge < -0.3 is 28.8 Å². The van der Waals surface area contributed by atoms with Crippen LogP contribution in [0, 0.1) is 0 Å². The highest BCUT2D eigenvalue weighted by Crippen LogP contribution is 2.48. The van der Waals surface area contributed by atoms with Crippen LogP contribution in [-0.4, -0.2) is 59.9 Å². The Labute approximate surface area is 235 Å². The molecular weight excluding hydrogens is 528 g/mol. The van der Waals surface area contributed by atoms with Crippen molar-refractivity contribution in [3.63, 3.8) is 0 Å². The Morgan fingerprint density at radius 2 is 1.49 bits per heavy atom. The molecule has 0 spiro atoms. The second kappa shape index (κ2) is 10.6. The summed E-state index contributed by atoms with van der Waals surface area (Å²) in [5.74, 6) is 1.40. The normalized spacial score (nSPS) is 23.4. The maximum atomic E-state index is 12.5. The predicted molar refractivity (Wildman–Crippen MR) is 148 cm³/mol. The number of nitrogens with one attached hydrogen (secondary N) is 1. The summed E-state index contributed by atoms with van der Waals surface area (Å²) in [7, 11) is 3.23. The highest BCUT2D eigenvalue weighted by molar-refractivity contribution is 5.49. The van der Waals surface area contributed by atoms with Crippen LogP contribution >= 0.6 is 0 Å². The van der Waals surface area contributed by atoms with Crippen LogP contribution in [0.1, 0.15) is 22.9 Å². The molecule has 41 heavy (non-hydrogen) atoms. The van der Waals surface area contributed by atoms with Gasteiger partial charge in [0.15, 0.2) is 6.23 Å². The molecule has 2 fully saturated rings. The first kappa shape index (κ1) is 27.0. The summed E-state index contributed by atoms with van der Waals surface area (Å²) in [6, 6.07) is 26.3. The fourth-order valence-electron chi connectivity index (χ4n) is 5.65. The van der Waals surface area contributed by atoms with E-state index in [0.717, 1.165) is 21.3 Å². The molecule has 4 atom stereocenters. The summed E-state index contributed by atoms with van der Waals surface area (Å²) >= 11 is 0. The van der Waals surface area contributed by atoms with Crippen molar-refractivity contribution in [2.24, 2.45) is 0 Å². The zero-order chi connectivity index (χ0) is 28.6. The van der Waals surface area contributed by atoms with Crippen LogP contribution in [-0.2, 0) is 19.8 Å². The van der Waals surface area contributed by atoms with Crippen LogP contribution in [0.2, 0.25) is 0 Å². The van der Waals surface area contributed by atoms with Crippen LogP contribution in [0.15, 0.2) is 101 Å². The molecule has 0 saturated carbocycles. The van der Waals surface area contributed by atoms with Gasteiger partial charge in [0.2, 0.25) is 0 Å². The minimum atomic E-state index is -1.16. The maximum Gasteiger partial charge on any atom is 0.330 e. The Hall–Kier alpha value is -4.22. The quantitative estimate of drug-likeness (QED) is 0.301. The van der Waals surface area contributed by atoms with E-state index < -0.39 is 40.9 Å². The van der Waals surface area contributed by atoms with E-state index in [2.05, 4.69) is 4.98 Å². The van der Waals surface area contributed by atoms with Crippen molar-refractivity contribution in [1.29, 1.82) is 0 Å². The van der Waals surface area contributed by atoms with Gasteiger partial charge in [0.25, 0.3) is 5.56 Å². The van der Waals surface area contributed by atoms with Crippen molar-refractivity contribution < 1.29 is 28.8 Å². The van der Waals surface area contributed by atoms with E-state index in [0.29, 0.717) is 11.5 Å². The third kappa shape index (κ3) is 4.54. The van der Waals surface area contributed by atoms with E-state index in [1.54, 1.807) is 14.2 Å². The summed E-state index contributed by atoms with van der Waals surface area (Å²) in [4.78, 5) is 26.3. The number of aromatic amines is 1. The van der Waals surface area contributed by atoms with Crippen LogP contribution in [0.3, 0.4) is 0 Å². The monoisotopic (exact) mass is 558 g/mol. The third-order valence-electron chi connectivity index (χ3n) is 7.82. The number of nitrogens with zero attached hydrogens (tertiary/aromatic N) is 1. The minimum absolute atomic E-state index is 0.0241. The fraction of sp³-hybridized carbons (Fsp3) is 0.290. The van der Waals surface area contributed by atoms with Crippen molar-refractivity contribution in [2.75, 3.05) is 27.4 Å². The third-order valence-corrected chi connectivity index (χ3v) is 7.82. The Morgan fingerprint density at radius 3 is 2.00 bits per heavy atom. The first-order valence-electron chi connectivity index (χ1n) is 13.2. The molecular formula is C31H30N2O8. The molecule has 212 valence electrons. The number of methoxy groups -OCH3 is 2. The molecule has 10 nitrogen and oxygen atoms in total. The Balaban J connectivity index is 1.43. The second-order valence-corrected chi connectivity index (χ2v) is 10.1. The highest BCUT2D eigenvalue weighted by Gasteiger charge is 2.64. The number of aliphatic hydroxyl groups is 1.